The summed E-state index contributed by atoms with van der Waals surface area (Å²) in [4.78, 5) is 4.30. The number of ether oxygens (including phenoxy) is 2. The molecular formula is C20H33N3O2. The summed E-state index contributed by atoms with van der Waals surface area (Å²) in [6.45, 7) is 5.41. The first-order valence-corrected chi connectivity index (χ1v) is 9.38. The Kier molecular flexibility index (Phi) is 8.60. The SMILES string of the molecule is CN=C(NCCCCCOC)NCc1ccc(C)cc1OCC1CC1. The van der Waals surface area contributed by atoms with Gasteiger partial charge in [0.1, 0.15) is 5.75 Å². The zero-order chi connectivity index (χ0) is 17.9. The molecule has 0 bridgehead atoms. The summed E-state index contributed by atoms with van der Waals surface area (Å²) in [6.07, 6.45) is 6.00. The van der Waals surface area contributed by atoms with E-state index in [2.05, 4.69) is 40.7 Å². The molecule has 1 aliphatic rings. The number of nitrogens with zero attached hydrogens (tertiary/aromatic N) is 1. The van der Waals surface area contributed by atoms with Gasteiger partial charge in [-0.25, -0.2) is 0 Å². The number of hydrogen-bond acceptors (Lipinski definition) is 3. The third kappa shape index (κ3) is 7.78. The lowest BCUT2D eigenvalue weighted by molar-refractivity contribution is 0.192. The monoisotopic (exact) mass is 347 g/mol. The fourth-order valence-corrected chi connectivity index (χ4v) is 2.59. The lowest BCUT2D eigenvalue weighted by atomic mass is 10.1. The first kappa shape index (κ1) is 19.6. The minimum Gasteiger partial charge on any atom is -0.493 e. The molecule has 1 saturated carbocycles. The molecule has 1 aromatic rings. The van der Waals surface area contributed by atoms with Crippen LogP contribution >= 0.6 is 0 Å². The summed E-state index contributed by atoms with van der Waals surface area (Å²) in [5.74, 6) is 2.59. The number of nitrogens with one attached hydrogen (secondary N) is 2. The fourth-order valence-electron chi connectivity index (χ4n) is 2.59. The van der Waals surface area contributed by atoms with Gasteiger partial charge in [-0.1, -0.05) is 12.1 Å². The number of benzene rings is 1. The van der Waals surface area contributed by atoms with Crippen molar-refractivity contribution in [2.24, 2.45) is 10.9 Å². The van der Waals surface area contributed by atoms with E-state index in [0.29, 0.717) is 6.54 Å². The van der Waals surface area contributed by atoms with Gasteiger partial charge in [0, 0.05) is 39.4 Å². The Labute approximate surface area is 152 Å². The van der Waals surface area contributed by atoms with Crippen molar-refractivity contribution in [2.45, 2.75) is 45.6 Å². The van der Waals surface area contributed by atoms with E-state index in [1.54, 1.807) is 14.2 Å². The smallest absolute Gasteiger partial charge is 0.191 e. The number of hydrogen-bond donors (Lipinski definition) is 2. The van der Waals surface area contributed by atoms with Gasteiger partial charge in [0.05, 0.1) is 6.61 Å². The Morgan fingerprint density at radius 3 is 2.76 bits per heavy atom. The number of guanidine groups is 1. The molecule has 25 heavy (non-hydrogen) atoms. The summed E-state index contributed by atoms with van der Waals surface area (Å²) in [5, 5.41) is 6.75. The van der Waals surface area contributed by atoms with Crippen LogP contribution in [0.15, 0.2) is 23.2 Å². The number of aliphatic imine (C=N–C) groups is 1. The van der Waals surface area contributed by atoms with Crippen LogP contribution in [0.2, 0.25) is 0 Å². The van der Waals surface area contributed by atoms with Crippen LogP contribution in [0.5, 0.6) is 5.75 Å². The normalized spacial score (nSPS) is 14.4. The van der Waals surface area contributed by atoms with E-state index in [4.69, 9.17) is 9.47 Å². The minimum absolute atomic E-state index is 0.712. The van der Waals surface area contributed by atoms with E-state index in [0.717, 1.165) is 56.6 Å². The van der Waals surface area contributed by atoms with Crippen molar-refractivity contribution < 1.29 is 9.47 Å². The quantitative estimate of drug-likeness (QED) is 0.366. The largest absolute Gasteiger partial charge is 0.493 e. The first-order chi connectivity index (χ1) is 12.2. The molecule has 0 heterocycles. The Morgan fingerprint density at radius 1 is 1.20 bits per heavy atom. The summed E-state index contributed by atoms with van der Waals surface area (Å²) in [7, 11) is 3.55. The van der Waals surface area contributed by atoms with Crippen LogP contribution < -0.4 is 15.4 Å². The van der Waals surface area contributed by atoms with Gasteiger partial charge in [-0.05, 0) is 56.6 Å². The molecule has 1 aliphatic carbocycles. The van der Waals surface area contributed by atoms with E-state index in [1.165, 1.54) is 24.0 Å². The molecule has 0 atom stereocenters. The average Bonchev–Trinajstić information content (AvgIpc) is 3.44. The number of unbranched alkanes of at least 4 members (excludes halogenated alkanes) is 2. The first-order valence-electron chi connectivity index (χ1n) is 9.38. The summed E-state index contributed by atoms with van der Waals surface area (Å²) in [5.41, 5.74) is 2.41. The fraction of sp³-hybridized carbons (Fsp3) is 0.650. The second-order valence-corrected chi connectivity index (χ2v) is 6.77. The number of aryl methyl sites for hydroxylation is 1. The highest BCUT2D eigenvalue weighted by atomic mass is 16.5. The van der Waals surface area contributed by atoms with Gasteiger partial charge < -0.3 is 20.1 Å². The molecule has 0 saturated heterocycles. The van der Waals surface area contributed by atoms with Crippen LogP contribution in [0.25, 0.3) is 0 Å². The van der Waals surface area contributed by atoms with Gasteiger partial charge in [-0.15, -0.1) is 0 Å². The highest BCUT2D eigenvalue weighted by molar-refractivity contribution is 5.79. The van der Waals surface area contributed by atoms with E-state index >= 15 is 0 Å². The Morgan fingerprint density at radius 2 is 2.04 bits per heavy atom. The van der Waals surface area contributed by atoms with Crippen LogP contribution in [0.4, 0.5) is 0 Å². The summed E-state index contributed by atoms with van der Waals surface area (Å²) >= 11 is 0. The molecule has 5 nitrogen and oxygen atoms in total. The van der Waals surface area contributed by atoms with E-state index in [1.807, 2.05) is 0 Å². The Hall–Kier alpha value is -1.75. The van der Waals surface area contributed by atoms with Gasteiger partial charge in [0.2, 0.25) is 0 Å². The third-order valence-electron chi connectivity index (χ3n) is 4.38. The second kappa shape index (κ2) is 11.0. The maximum atomic E-state index is 6.03. The molecule has 0 spiro atoms. The lowest BCUT2D eigenvalue weighted by Gasteiger charge is -2.15. The van der Waals surface area contributed by atoms with Crippen LogP contribution in [0.3, 0.4) is 0 Å². The molecule has 2 N–H and O–H groups in total. The van der Waals surface area contributed by atoms with E-state index in [9.17, 15) is 0 Å². The van der Waals surface area contributed by atoms with Crippen molar-refractivity contribution in [3.63, 3.8) is 0 Å². The maximum Gasteiger partial charge on any atom is 0.191 e. The van der Waals surface area contributed by atoms with Crippen LogP contribution in [-0.4, -0.2) is 39.9 Å². The van der Waals surface area contributed by atoms with Crippen molar-refractivity contribution in [3.05, 3.63) is 29.3 Å². The summed E-state index contributed by atoms with van der Waals surface area (Å²) < 4.78 is 11.1. The van der Waals surface area contributed by atoms with Crippen molar-refractivity contribution in [2.75, 3.05) is 33.9 Å². The molecule has 0 aromatic heterocycles. The van der Waals surface area contributed by atoms with Crippen molar-refractivity contribution in [1.82, 2.24) is 10.6 Å². The van der Waals surface area contributed by atoms with Crippen molar-refractivity contribution in [3.8, 4) is 5.75 Å². The Bertz CT molecular complexity index is 542. The number of rotatable bonds is 11. The van der Waals surface area contributed by atoms with Crippen LogP contribution in [-0.2, 0) is 11.3 Å². The minimum atomic E-state index is 0.712. The highest BCUT2D eigenvalue weighted by Crippen LogP contribution is 2.30. The van der Waals surface area contributed by atoms with Gasteiger partial charge in [0.25, 0.3) is 0 Å². The Balaban J connectivity index is 1.75. The third-order valence-corrected chi connectivity index (χ3v) is 4.38. The predicted molar refractivity (Wildman–Crippen MR) is 103 cm³/mol. The molecule has 5 heteroatoms. The molecule has 0 aliphatic heterocycles. The molecule has 1 fully saturated rings. The van der Waals surface area contributed by atoms with E-state index < -0.39 is 0 Å². The van der Waals surface area contributed by atoms with Gasteiger partial charge in [-0.2, -0.15) is 0 Å². The molecule has 140 valence electrons. The molecular weight excluding hydrogens is 314 g/mol. The molecule has 0 radical (unpaired) electrons. The van der Waals surface area contributed by atoms with Gasteiger partial charge in [-0.3, -0.25) is 4.99 Å². The van der Waals surface area contributed by atoms with E-state index in [-0.39, 0.29) is 0 Å². The molecule has 0 unspecified atom stereocenters. The van der Waals surface area contributed by atoms with Gasteiger partial charge >= 0.3 is 0 Å². The zero-order valence-corrected chi connectivity index (χ0v) is 15.9. The van der Waals surface area contributed by atoms with Crippen LogP contribution in [0, 0.1) is 12.8 Å². The van der Waals surface area contributed by atoms with Crippen molar-refractivity contribution in [1.29, 1.82) is 0 Å². The molecule has 1 aromatic carbocycles. The lowest BCUT2D eigenvalue weighted by Crippen LogP contribution is -2.37. The van der Waals surface area contributed by atoms with Crippen LogP contribution in [0.1, 0.15) is 43.2 Å². The average molecular weight is 348 g/mol. The summed E-state index contributed by atoms with van der Waals surface area (Å²) in [6, 6.07) is 6.40. The number of methoxy groups -OCH3 is 1. The van der Waals surface area contributed by atoms with Crippen molar-refractivity contribution >= 4 is 5.96 Å². The van der Waals surface area contributed by atoms with Gasteiger partial charge in [0.15, 0.2) is 5.96 Å². The predicted octanol–water partition coefficient (Wildman–Crippen LogP) is 3.27. The molecule has 0 amide bonds. The standard InChI is InChI=1S/C20H33N3O2/c1-16-7-10-18(19(13-16)25-15-17-8-9-17)14-23-20(21-2)22-11-5-4-6-12-24-3/h7,10,13,17H,4-6,8-9,11-12,14-15H2,1-3H3,(H2,21,22,23). The second-order valence-electron chi connectivity index (χ2n) is 6.77. The highest BCUT2D eigenvalue weighted by Gasteiger charge is 2.22. The maximum absolute atomic E-state index is 6.03. The zero-order valence-electron chi connectivity index (χ0n) is 15.9. The molecule has 2 rings (SSSR count). The topological polar surface area (TPSA) is 54.9 Å².